The van der Waals surface area contributed by atoms with Crippen molar-refractivity contribution in [1.82, 2.24) is 0 Å². The van der Waals surface area contributed by atoms with Crippen molar-refractivity contribution in [3.8, 4) is 0 Å². The van der Waals surface area contributed by atoms with E-state index in [-0.39, 0.29) is 17.1 Å². The molecule has 2 aromatic rings. The van der Waals surface area contributed by atoms with Crippen molar-refractivity contribution < 1.29 is 4.39 Å². The lowest BCUT2D eigenvalue weighted by molar-refractivity contribution is 0.626. The number of thiophene rings is 1. The number of hydrogen-bond acceptors (Lipinski definition) is 3. The predicted octanol–water partition coefficient (Wildman–Crippen LogP) is 4.83. The minimum absolute atomic E-state index is 0.0330. The molecule has 1 aromatic heterocycles. The molecule has 2 rings (SSSR count). The van der Waals surface area contributed by atoms with Crippen LogP contribution < -0.4 is 5.73 Å². The molecular formula is C13H13BrFNS2. The molecule has 0 saturated carbocycles. The lowest BCUT2D eigenvalue weighted by Gasteiger charge is -2.18. The van der Waals surface area contributed by atoms with Crippen molar-refractivity contribution in [3.63, 3.8) is 0 Å². The number of hydrogen-bond donors (Lipinski definition) is 1. The van der Waals surface area contributed by atoms with E-state index in [1.807, 2.05) is 6.92 Å². The topological polar surface area (TPSA) is 26.0 Å². The first-order chi connectivity index (χ1) is 8.56. The van der Waals surface area contributed by atoms with Gasteiger partial charge in [-0.05, 0) is 53.2 Å². The van der Waals surface area contributed by atoms with Crippen LogP contribution in [0.15, 0.2) is 45.1 Å². The number of thioether (sulfide) groups is 1. The van der Waals surface area contributed by atoms with Crippen molar-refractivity contribution in [1.29, 1.82) is 0 Å². The van der Waals surface area contributed by atoms with Gasteiger partial charge in [-0.1, -0.05) is 0 Å². The molecule has 1 aromatic carbocycles. The Bertz CT molecular complexity index is 510. The molecule has 96 valence electrons. The Kier molecular flexibility index (Phi) is 4.84. The van der Waals surface area contributed by atoms with Crippen molar-refractivity contribution in [3.05, 3.63) is 50.9 Å². The van der Waals surface area contributed by atoms with Gasteiger partial charge in [0.1, 0.15) is 5.82 Å². The second-order valence-electron chi connectivity index (χ2n) is 4.02. The molecule has 0 bridgehead atoms. The highest BCUT2D eigenvalue weighted by Crippen LogP contribution is 2.40. The molecule has 0 radical (unpaired) electrons. The van der Waals surface area contributed by atoms with Crippen molar-refractivity contribution in [2.24, 2.45) is 5.73 Å². The number of benzene rings is 1. The summed E-state index contributed by atoms with van der Waals surface area (Å²) in [6.45, 7) is 1.99. The summed E-state index contributed by atoms with van der Waals surface area (Å²) in [6.07, 6.45) is 0. The molecule has 0 fully saturated rings. The van der Waals surface area contributed by atoms with Gasteiger partial charge in [0.2, 0.25) is 0 Å². The maximum atomic E-state index is 12.9. The van der Waals surface area contributed by atoms with Gasteiger partial charge in [-0.3, -0.25) is 0 Å². The summed E-state index contributed by atoms with van der Waals surface area (Å²) in [4.78, 5) is 2.26. The third-order valence-corrected chi connectivity index (χ3v) is 5.83. The lowest BCUT2D eigenvalue weighted by Crippen LogP contribution is -2.21. The zero-order valence-corrected chi connectivity index (χ0v) is 13.0. The molecule has 18 heavy (non-hydrogen) atoms. The van der Waals surface area contributed by atoms with E-state index in [0.29, 0.717) is 0 Å². The molecule has 0 amide bonds. The zero-order chi connectivity index (χ0) is 13.1. The predicted molar refractivity (Wildman–Crippen MR) is 80.7 cm³/mol. The van der Waals surface area contributed by atoms with E-state index in [9.17, 15) is 4.39 Å². The Labute approximate surface area is 123 Å². The first-order valence-corrected chi connectivity index (χ1v) is 8.03. The van der Waals surface area contributed by atoms with Crippen molar-refractivity contribution in [2.45, 2.75) is 23.1 Å². The summed E-state index contributed by atoms with van der Waals surface area (Å²) in [5, 5.41) is 2.24. The molecule has 1 heterocycles. The molecule has 0 spiro atoms. The number of rotatable bonds is 4. The molecule has 0 aliphatic rings. The van der Waals surface area contributed by atoms with Crippen LogP contribution in [0.1, 0.15) is 17.1 Å². The second-order valence-corrected chi connectivity index (χ2v) is 7.09. The minimum Gasteiger partial charge on any atom is -0.327 e. The van der Waals surface area contributed by atoms with Gasteiger partial charge in [0.05, 0.1) is 5.25 Å². The van der Waals surface area contributed by atoms with E-state index in [1.165, 1.54) is 17.0 Å². The Hall–Kier alpha value is -0.360. The maximum absolute atomic E-state index is 12.9. The highest BCUT2D eigenvalue weighted by atomic mass is 79.9. The molecule has 0 aliphatic carbocycles. The number of nitrogens with two attached hydrogens (primary N) is 1. The zero-order valence-electron chi connectivity index (χ0n) is 9.77. The van der Waals surface area contributed by atoms with Crippen LogP contribution in [-0.4, -0.2) is 6.04 Å². The average molecular weight is 346 g/mol. The van der Waals surface area contributed by atoms with Gasteiger partial charge in [0, 0.05) is 25.7 Å². The molecule has 5 heteroatoms. The summed E-state index contributed by atoms with van der Waals surface area (Å²) in [5.74, 6) is -0.212. The van der Waals surface area contributed by atoms with Gasteiger partial charge in [0.15, 0.2) is 0 Å². The summed E-state index contributed by atoms with van der Waals surface area (Å²) < 4.78 is 13.9. The largest absolute Gasteiger partial charge is 0.327 e. The molecule has 1 nitrogen and oxygen atoms in total. The minimum atomic E-state index is -0.212. The maximum Gasteiger partial charge on any atom is 0.123 e. The molecule has 2 N–H and O–H groups in total. The molecule has 0 saturated heterocycles. The summed E-state index contributed by atoms with van der Waals surface area (Å²) >= 11 is 6.81. The van der Waals surface area contributed by atoms with Gasteiger partial charge in [-0.15, -0.1) is 23.1 Å². The first kappa shape index (κ1) is 14.1. The Balaban J connectivity index is 2.19. The van der Waals surface area contributed by atoms with Gasteiger partial charge < -0.3 is 5.73 Å². The van der Waals surface area contributed by atoms with Crippen LogP contribution in [-0.2, 0) is 0 Å². The van der Waals surface area contributed by atoms with Crippen LogP contribution in [0.5, 0.6) is 0 Å². The summed E-state index contributed by atoms with van der Waals surface area (Å²) in [6, 6.07) is 8.66. The van der Waals surface area contributed by atoms with Crippen LogP contribution in [0.4, 0.5) is 4.39 Å². The van der Waals surface area contributed by atoms with Gasteiger partial charge >= 0.3 is 0 Å². The van der Waals surface area contributed by atoms with Crippen molar-refractivity contribution in [2.75, 3.05) is 0 Å². The van der Waals surface area contributed by atoms with Crippen LogP contribution >= 0.6 is 39.0 Å². The molecule has 0 aliphatic heterocycles. The average Bonchev–Trinajstić information content (AvgIpc) is 2.74. The van der Waals surface area contributed by atoms with Crippen LogP contribution in [0.2, 0.25) is 0 Å². The molecule has 2 unspecified atom stereocenters. The normalized spacial score (nSPS) is 14.4. The van der Waals surface area contributed by atoms with E-state index < -0.39 is 0 Å². The molecular weight excluding hydrogens is 333 g/mol. The van der Waals surface area contributed by atoms with E-state index in [1.54, 1.807) is 35.2 Å². The monoisotopic (exact) mass is 345 g/mol. The van der Waals surface area contributed by atoms with E-state index in [2.05, 4.69) is 27.4 Å². The Morgan fingerprint density at radius 2 is 2.00 bits per heavy atom. The van der Waals surface area contributed by atoms with Crippen LogP contribution in [0.25, 0.3) is 0 Å². The van der Waals surface area contributed by atoms with E-state index >= 15 is 0 Å². The Morgan fingerprint density at radius 1 is 1.33 bits per heavy atom. The van der Waals surface area contributed by atoms with Gasteiger partial charge in [-0.2, -0.15) is 0 Å². The van der Waals surface area contributed by atoms with Crippen LogP contribution in [0, 0.1) is 5.82 Å². The van der Waals surface area contributed by atoms with Gasteiger partial charge in [0.25, 0.3) is 0 Å². The highest BCUT2D eigenvalue weighted by Gasteiger charge is 2.19. The fourth-order valence-electron chi connectivity index (χ4n) is 1.56. The fourth-order valence-corrected chi connectivity index (χ4v) is 4.40. The van der Waals surface area contributed by atoms with Gasteiger partial charge in [-0.25, -0.2) is 4.39 Å². The smallest absolute Gasteiger partial charge is 0.123 e. The number of halogens is 2. The third-order valence-electron chi connectivity index (χ3n) is 2.42. The quantitative estimate of drug-likeness (QED) is 0.803. The Morgan fingerprint density at radius 3 is 2.50 bits per heavy atom. The van der Waals surface area contributed by atoms with E-state index in [0.717, 1.165) is 9.37 Å². The highest BCUT2D eigenvalue weighted by molar-refractivity contribution is 9.10. The third kappa shape index (κ3) is 3.57. The fraction of sp³-hybridized carbons (Fsp3) is 0.231. The van der Waals surface area contributed by atoms with Crippen LogP contribution in [0.3, 0.4) is 0 Å². The standard InChI is InChI=1S/C13H13BrFNS2/c1-8(16)13(12-6-9(14)7-17-12)18-11-4-2-10(15)3-5-11/h2-8,13H,16H2,1H3. The van der Waals surface area contributed by atoms with E-state index in [4.69, 9.17) is 5.73 Å². The molecule has 2 atom stereocenters. The van der Waals surface area contributed by atoms with Crippen molar-refractivity contribution >= 4 is 39.0 Å². The second kappa shape index (κ2) is 6.19. The lowest BCUT2D eigenvalue weighted by atomic mass is 10.2. The summed E-state index contributed by atoms with van der Waals surface area (Å²) in [7, 11) is 0. The summed E-state index contributed by atoms with van der Waals surface area (Å²) in [5.41, 5.74) is 6.05. The first-order valence-electron chi connectivity index (χ1n) is 5.48. The SMILES string of the molecule is CC(N)C(Sc1ccc(F)cc1)c1cc(Br)cs1.